The van der Waals surface area contributed by atoms with E-state index in [1.54, 1.807) is 30.5 Å². The van der Waals surface area contributed by atoms with Crippen LogP contribution in [0, 0.1) is 10.1 Å². The summed E-state index contributed by atoms with van der Waals surface area (Å²) in [5, 5.41) is 14.7. The molecular formula is C17H17N5O4. The van der Waals surface area contributed by atoms with E-state index in [9.17, 15) is 10.1 Å². The predicted octanol–water partition coefficient (Wildman–Crippen LogP) is 2.56. The van der Waals surface area contributed by atoms with Crippen LogP contribution < -0.4 is 4.90 Å². The Morgan fingerprint density at radius 1 is 1.12 bits per heavy atom. The van der Waals surface area contributed by atoms with Crippen LogP contribution in [0.15, 0.2) is 51.6 Å². The summed E-state index contributed by atoms with van der Waals surface area (Å²) >= 11 is 0. The molecule has 0 amide bonds. The van der Waals surface area contributed by atoms with Crippen molar-refractivity contribution in [3.05, 3.63) is 58.7 Å². The van der Waals surface area contributed by atoms with Crippen molar-refractivity contribution in [3.8, 4) is 11.6 Å². The average Bonchev–Trinajstić information content (AvgIpc) is 3.34. The van der Waals surface area contributed by atoms with Gasteiger partial charge in [0.05, 0.1) is 17.7 Å². The van der Waals surface area contributed by atoms with Crippen molar-refractivity contribution >= 4 is 11.4 Å². The van der Waals surface area contributed by atoms with E-state index in [4.69, 9.17) is 8.94 Å². The molecule has 134 valence electrons. The smallest absolute Gasteiger partial charge is 0.269 e. The first kappa shape index (κ1) is 16.3. The van der Waals surface area contributed by atoms with Crippen LogP contribution in [0.3, 0.4) is 0 Å². The van der Waals surface area contributed by atoms with Crippen molar-refractivity contribution in [1.82, 2.24) is 15.0 Å². The number of nitro benzene ring substituents is 1. The molecule has 1 saturated heterocycles. The second-order valence-corrected chi connectivity index (χ2v) is 6.03. The molecule has 0 radical (unpaired) electrons. The Hall–Kier alpha value is -3.20. The van der Waals surface area contributed by atoms with Gasteiger partial charge < -0.3 is 13.8 Å². The van der Waals surface area contributed by atoms with Gasteiger partial charge in [0.15, 0.2) is 5.76 Å². The maximum absolute atomic E-state index is 10.7. The summed E-state index contributed by atoms with van der Waals surface area (Å²) in [4.78, 5) is 19.2. The van der Waals surface area contributed by atoms with E-state index in [0.29, 0.717) is 24.0 Å². The van der Waals surface area contributed by atoms with Crippen LogP contribution in [0.5, 0.6) is 0 Å². The summed E-state index contributed by atoms with van der Waals surface area (Å²) in [5.74, 6) is 1.60. The van der Waals surface area contributed by atoms with Gasteiger partial charge >= 0.3 is 0 Å². The normalized spacial score (nSPS) is 15.3. The first-order valence-electron chi connectivity index (χ1n) is 8.27. The molecule has 0 unspecified atom stereocenters. The summed E-state index contributed by atoms with van der Waals surface area (Å²) in [6, 6.07) is 10.2. The highest BCUT2D eigenvalue weighted by atomic mass is 16.6. The molecule has 0 atom stereocenters. The molecular weight excluding hydrogens is 338 g/mol. The molecule has 2 aromatic heterocycles. The first-order valence-corrected chi connectivity index (χ1v) is 8.27. The number of nitro groups is 1. The number of benzene rings is 1. The SMILES string of the molecule is O=[N+]([O-])c1ccc(N2CCN(Cc3nc(-c4ccco4)no3)CC2)cc1. The van der Waals surface area contributed by atoms with Gasteiger partial charge in [0.1, 0.15) is 0 Å². The quantitative estimate of drug-likeness (QED) is 0.508. The molecule has 0 bridgehead atoms. The molecule has 1 aromatic carbocycles. The highest BCUT2D eigenvalue weighted by molar-refractivity contribution is 5.51. The Kier molecular flexibility index (Phi) is 4.36. The van der Waals surface area contributed by atoms with Crippen LogP contribution in [0.1, 0.15) is 5.89 Å². The van der Waals surface area contributed by atoms with Crippen LogP contribution in [0.4, 0.5) is 11.4 Å². The minimum absolute atomic E-state index is 0.108. The number of hydrogen-bond acceptors (Lipinski definition) is 8. The lowest BCUT2D eigenvalue weighted by molar-refractivity contribution is -0.384. The number of anilines is 1. The van der Waals surface area contributed by atoms with E-state index in [1.807, 2.05) is 0 Å². The number of aromatic nitrogens is 2. The average molecular weight is 355 g/mol. The van der Waals surface area contributed by atoms with Gasteiger partial charge in [-0.2, -0.15) is 4.98 Å². The van der Waals surface area contributed by atoms with Crippen LogP contribution in [-0.2, 0) is 6.54 Å². The predicted molar refractivity (Wildman–Crippen MR) is 92.6 cm³/mol. The van der Waals surface area contributed by atoms with Crippen molar-refractivity contribution < 1.29 is 13.9 Å². The minimum atomic E-state index is -0.386. The lowest BCUT2D eigenvalue weighted by atomic mass is 10.2. The van der Waals surface area contributed by atoms with Gasteiger partial charge in [-0.05, 0) is 24.3 Å². The molecule has 4 rings (SSSR count). The molecule has 26 heavy (non-hydrogen) atoms. The Bertz CT molecular complexity index is 867. The molecule has 9 heteroatoms. The molecule has 0 N–H and O–H groups in total. The zero-order valence-corrected chi connectivity index (χ0v) is 13.9. The van der Waals surface area contributed by atoms with Gasteiger partial charge in [0, 0.05) is 44.0 Å². The first-order chi connectivity index (χ1) is 12.7. The monoisotopic (exact) mass is 355 g/mol. The number of rotatable bonds is 5. The van der Waals surface area contributed by atoms with E-state index in [1.165, 1.54) is 12.1 Å². The molecule has 0 aliphatic carbocycles. The Morgan fingerprint density at radius 2 is 1.88 bits per heavy atom. The number of non-ortho nitro benzene ring substituents is 1. The third kappa shape index (κ3) is 3.42. The van der Waals surface area contributed by atoms with Gasteiger partial charge in [0.2, 0.25) is 11.7 Å². The largest absolute Gasteiger partial charge is 0.461 e. The van der Waals surface area contributed by atoms with E-state index < -0.39 is 0 Å². The van der Waals surface area contributed by atoms with E-state index in [2.05, 4.69) is 19.9 Å². The zero-order valence-electron chi connectivity index (χ0n) is 13.9. The van der Waals surface area contributed by atoms with Gasteiger partial charge in [0.25, 0.3) is 5.69 Å². The van der Waals surface area contributed by atoms with Crippen LogP contribution in [-0.4, -0.2) is 46.1 Å². The van der Waals surface area contributed by atoms with E-state index >= 15 is 0 Å². The molecule has 1 fully saturated rings. The van der Waals surface area contributed by atoms with Crippen molar-refractivity contribution in [2.45, 2.75) is 6.54 Å². The number of furan rings is 1. The topological polar surface area (TPSA) is 102 Å². The summed E-state index contributed by atoms with van der Waals surface area (Å²) < 4.78 is 10.6. The fourth-order valence-corrected chi connectivity index (χ4v) is 2.97. The van der Waals surface area contributed by atoms with Gasteiger partial charge in [-0.25, -0.2) is 0 Å². The highest BCUT2D eigenvalue weighted by Gasteiger charge is 2.20. The second-order valence-electron chi connectivity index (χ2n) is 6.03. The van der Waals surface area contributed by atoms with Gasteiger partial charge in [-0.1, -0.05) is 5.16 Å². The number of hydrogen-bond donors (Lipinski definition) is 0. The lowest BCUT2D eigenvalue weighted by Crippen LogP contribution is -2.46. The Balaban J connectivity index is 1.33. The summed E-state index contributed by atoms with van der Waals surface area (Å²) in [5.41, 5.74) is 1.10. The van der Waals surface area contributed by atoms with Crippen molar-refractivity contribution in [2.24, 2.45) is 0 Å². The molecule has 9 nitrogen and oxygen atoms in total. The summed E-state index contributed by atoms with van der Waals surface area (Å²) in [7, 11) is 0. The zero-order chi connectivity index (χ0) is 17.9. The third-order valence-corrected chi connectivity index (χ3v) is 4.37. The highest BCUT2D eigenvalue weighted by Crippen LogP contribution is 2.21. The van der Waals surface area contributed by atoms with Crippen molar-refractivity contribution in [2.75, 3.05) is 31.1 Å². The number of piperazine rings is 1. The van der Waals surface area contributed by atoms with E-state index in [-0.39, 0.29) is 10.6 Å². The molecule has 3 aromatic rings. The molecule has 0 spiro atoms. The summed E-state index contributed by atoms with van der Waals surface area (Å²) in [6.45, 7) is 3.93. The van der Waals surface area contributed by atoms with Crippen LogP contribution in [0.2, 0.25) is 0 Å². The Morgan fingerprint density at radius 3 is 2.54 bits per heavy atom. The van der Waals surface area contributed by atoms with Crippen molar-refractivity contribution in [3.63, 3.8) is 0 Å². The van der Waals surface area contributed by atoms with Gasteiger partial charge in [-0.15, -0.1) is 0 Å². The fourth-order valence-electron chi connectivity index (χ4n) is 2.97. The third-order valence-electron chi connectivity index (χ3n) is 4.37. The molecule has 0 saturated carbocycles. The van der Waals surface area contributed by atoms with Gasteiger partial charge in [-0.3, -0.25) is 15.0 Å². The molecule has 1 aliphatic rings. The van der Waals surface area contributed by atoms with E-state index in [0.717, 1.165) is 31.9 Å². The minimum Gasteiger partial charge on any atom is -0.461 e. The van der Waals surface area contributed by atoms with Crippen molar-refractivity contribution in [1.29, 1.82) is 0 Å². The molecule has 3 heterocycles. The lowest BCUT2D eigenvalue weighted by Gasteiger charge is -2.35. The molecule has 1 aliphatic heterocycles. The van der Waals surface area contributed by atoms with Crippen LogP contribution >= 0.6 is 0 Å². The standard InChI is InChI=1S/C17H17N5O4/c23-22(24)14-5-3-13(4-6-14)21-9-7-20(8-10-21)12-16-18-17(19-26-16)15-2-1-11-25-15/h1-6,11H,7-10,12H2. The number of nitrogens with zero attached hydrogens (tertiary/aromatic N) is 5. The van der Waals surface area contributed by atoms with Crippen LogP contribution in [0.25, 0.3) is 11.6 Å². The maximum Gasteiger partial charge on any atom is 0.269 e. The summed E-state index contributed by atoms with van der Waals surface area (Å²) in [6.07, 6.45) is 1.57. The Labute approximate surface area is 149 Å². The second kappa shape index (κ2) is 6.96. The maximum atomic E-state index is 10.7. The fraction of sp³-hybridized carbons (Fsp3) is 0.294.